The van der Waals surface area contributed by atoms with E-state index in [0.717, 1.165) is 0 Å². The molecule has 0 aliphatic carbocycles. The number of amides is 1. The summed E-state index contributed by atoms with van der Waals surface area (Å²) in [4.78, 5) is 11.6. The van der Waals surface area contributed by atoms with Crippen molar-refractivity contribution in [1.82, 2.24) is 15.1 Å². The van der Waals surface area contributed by atoms with Gasteiger partial charge in [-0.15, -0.1) is 0 Å². The zero-order valence-electron chi connectivity index (χ0n) is 10.3. The average molecular weight is 253 g/mol. The Balaban J connectivity index is 1.68. The summed E-state index contributed by atoms with van der Waals surface area (Å²) in [7, 11) is 0. The predicted molar refractivity (Wildman–Crippen MR) is 64.9 cm³/mol. The number of rotatable bonds is 5. The van der Waals surface area contributed by atoms with Crippen LogP contribution in [-0.4, -0.2) is 46.2 Å². The van der Waals surface area contributed by atoms with E-state index in [0.29, 0.717) is 45.6 Å². The van der Waals surface area contributed by atoms with Gasteiger partial charge in [0.05, 0.1) is 5.60 Å². The summed E-state index contributed by atoms with van der Waals surface area (Å²) in [6, 6.07) is 1.82. The van der Waals surface area contributed by atoms with Gasteiger partial charge >= 0.3 is 0 Å². The topological polar surface area (TPSA) is 76.4 Å². The molecular formula is C12H19N3O3. The number of nitrogens with zero attached hydrogens (tertiary/aromatic N) is 2. The summed E-state index contributed by atoms with van der Waals surface area (Å²) < 4.78 is 6.89. The Bertz CT molecular complexity index is 372. The van der Waals surface area contributed by atoms with E-state index < -0.39 is 5.60 Å². The molecule has 2 heterocycles. The second kappa shape index (κ2) is 5.97. The van der Waals surface area contributed by atoms with Crippen molar-refractivity contribution in [1.29, 1.82) is 0 Å². The van der Waals surface area contributed by atoms with Crippen LogP contribution in [-0.2, 0) is 16.1 Å². The molecule has 1 aromatic heterocycles. The highest BCUT2D eigenvalue weighted by Gasteiger charge is 2.29. The minimum atomic E-state index is -0.806. The monoisotopic (exact) mass is 253 g/mol. The van der Waals surface area contributed by atoms with Gasteiger partial charge in [-0.25, -0.2) is 0 Å². The van der Waals surface area contributed by atoms with Crippen LogP contribution in [0.4, 0.5) is 0 Å². The van der Waals surface area contributed by atoms with Crippen molar-refractivity contribution in [3.05, 3.63) is 18.5 Å². The molecule has 0 unspecified atom stereocenters. The van der Waals surface area contributed by atoms with E-state index in [1.807, 2.05) is 12.3 Å². The molecule has 0 saturated carbocycles. The summed E-state index contributed by atoms with van der Waals surface area (Å²) >= 11 is 0. The number of ether oxygens (including phenoxy) is 1. The van der Waals surface area contributed by atoms with Gasteiger partial charge in [0, 0.05) is 58.0 Å². The van der Waals surface area contributed by atoms with Crippen LogP contribution in [0, 0.1) is 0 Å². The van der Waals surface area contributed by atoms with Gasteiger partial charge in [0.2, 0.25) is 5.91 Å². The number of aliphatic hydroxyl groups is 1. The summed E-state index contributed by atoms with van der Waals surface area (Å²) in [6.45, 7) is 1.97. The van der Waals surface area contributed by atoms with Crippen molar-refractivity contribution in [3.8, 4) is 0 Å². The first kappa shape index (κ1) is 13.0. The number of carbonyl (C=O) groups excluding carboxylic acids is 1. The number of hydrogen-bond donors (Lipinski definition) is 2. The standard InChI is InChI=1S/C12H19N3O3/c16-11(2-7-15-6-1-5-14-15)13-10-12(17)3-8-18-9-4-12/h1,5-6,17H,2-4,7-10H2,(H,13,16). The second-order valence-electron chi connectivity index (χ2n) is 4.63. The first-order valence-electron chi connectivity index (χ1n) is 6.22. The van der Waals surface area contributed by atoms with Crippen LogP contribution < -0.4 is 5.32 Å². The first-order valence-corrected chi connectivity index (χ1v) is 6.22. The lowest BCUT2D eigenvalue weighted by Gasteiger charge is -2.32. The van der Waals surface area contributed by atoms with Gasteiger partial charge in [-0.1, -0.05) is 0 Å². The van der Waals surface area contributed by atoms with Crippen molar-refractivity contribution in [2.45, 2.75) is 31.4 Å². The molecule has 1 saturated heterocycles. The zero-order valence-corrected chi connectivity index (χ0v) is 10.3. The fourth-order valence-electron chi connectivity index (χ4n) is 1.93. The molecule has 0 radical (unpaired) electrons. The lowest BCUT2D eigenvalue weighted by molar-refractivity contribution is -0.124. The molecule has 18 heavy (non-hydrogen) atoms. The van der Waals surface area contributed by atoms with Gasteiger partial charge in [0.25, 0.3) is 0 Å². The lowest BCUT2D eigenvalue weighted by atomic mass is 9.94. The van der Waals surface area contributed by atoms with Gasteiger partial charge in [-0.2, -0.15) is 5.10 Å². The molecule has 2 N–H and O–H groups in total. The molecule has 6 heteroatoms. The molecule has 0 atom stereocenters. The molecule has 0 bridgehead atoms. The summed E-state index contributed by atoms with van der Waals surface area (Å²) in [5, 5.41) is 17.0. The van der Waals surface area contributed by atoms with Gasteiger partial charge in [-0.3, -0.25) is 9.48 Å². The lowest BCUT2D eigenvalue weighted by Crippen LogP contribution is -2.46. The Labute approximate surface area is 106 Å². The van der Waals surface area contributed by atoms with Crippen LogP contribution in [0.1, 0.15) is 19.3 Å². The molecule has 100 valence electrons. The molecule has 0 spiro atoms. The molecule has 1 amide bonds. The minimum absolute atomic E-state index is 0.0644. The van der Waals surface area contributed by atoms with Gasteiger partial charge in [0.1, 0.15) is 0 Å². The third kappa shape index (κ3) is 3.82. The minimum Gasteiger partial charge on any atom is -0.388 e. The van der Waals surface area contributed by atoms with Crippen molar-refractivity contribution in [2.75, 3.05) is 19.8 Å². The molecule has 1 aliphatic heterocycles. The zero-order chi connectivity index (χ0) is 12.8. The number of hydrogen-bond acceptors (Lipinski definition) is 4. The SMILES string of the molecule is O=C(CCn1cccn1)NCC1(O)CCOCC1. The Morgan fingerprint density at radius 1 is 1.50 bits per heavy atom. The maximum atomic E-state index is 11.6. The third-order valence-electron chi connectivity index (χ3n) is 3.17. The molecule has 1 fully saturated rings. The highest BCUT2D eigenvalue weighted by Crippen LogP contribution is 2.19. The number of aromatic nitrogens is 2. The Morgan fingerprint density at radius 3 is 2.94 bits per heavy atom. The fourth-order valence-corrected chi connectivity index (χ4v) is 1.93. The summed E-state index contributed by atoms with van der Waals surface area (Å²) in [5.41, 5.74) is -0.806. The van der Waals surface area contributed by atoms with E-state index in [-0.39, 0.29) is 5.91 Å². The van der Waals surface area contributed by atoms with Gasteiger partial charge in [-0.05, 0) is 6.07 Å². The Morgan fingerprint density at radius 2 is 2.28 bits per heavy atom. The van der Waals surface area contributed by atoms with Crippen molar-refractivity contribution >= 4 is 5.91 Å². The molecule has 6 nitrogen and oxygen atoms in total. The molecule has 2 rings (SSSR count). The van der Waals surface area contributed by atoms with Crippen LogP contribution in [0.2, 0.25) is 0 Å². The van der Waals surface area contributed by atoms with Crippen LogP contribution in [0.3, 0.4) is 0 Å². The molecular weight excluding hydrogens is 234 g/mol. The van der Waals surface area contributed by atoms with Crippen LogP contribution in [0.5, 0.6) is 0 Å². The predicted octanol–water partition coefficient (Wildman–Crippen LogP) is -0.0691. The van der Waals surface area contributed by atoms with Crippen LogP contribution in [0.25, 0.3) is 0 Å². The molecule has 1 aliphatic rings. The van der Waals surface area contributed by atoms with Crippen molar-refractivity contribution < 1.29 is 14.6 Å². The van der Waals surface area contributed by atoms with Gasteiger partial charge < -0.3 is 15.2 Å². The van der Waals surface area contributed by atoms with E-state index in [4.69, 9.17) is 4.74 Å². The number of aryl methyl sites for hydroxylation is 1. The van der Waals surface area contributed by atoms with Crippen LogP contribution >= 0.6 is 0 Å². The van der Waals surface area contributed by atoms with E-state index in [1.54, 1.807) is 10.9 Å². The number of carbonyl (C=O) groups is 1. The fraction of sp³-hybridized carbons (Fsp3) is 0.667. The highest BCUT2D eigenvalue weighted by atomic mass is 16.5. The highest BCUT2D eigenvalue weighted by molar-refractivity contribution is 5.75. The summed E-state index contributed by atoms with van der Waals surface area (Å²) in [6.07, 6.45) is 5.02. The average Bonchev–Trinajstić information content (AvgIpc) is 2.88. The number of nitrogens with one attached hydrogen (secondary N) is 1. The van der Waals surface area contributed by atoms with Crippen molar-refractivity contribution in [2.24, 2.45) is 0 Å². The maximum Gasteiger partial charge on any atom is 0.221 e. The molecule has 0 aromatic carbocycles. The third-order valence-corrected chi connectivity index (χ3v) is 3.17. The smallest absolute Gasteiger partial charge is 0.221 e. The molecule has 1 aromatic rings. The van der Waals surface area contributed by atoms with E-state index >= 15 is 0 Å². The normalized spacial score (nSPS) is 18.5. The largest absolute Gasteiger partial charge is 0.388 e. The Hall–Kier alpha value is -1.40. The van der Waals surface area contributed by atoms with Crippen LogP contribution in [0.15, 0.2) is 18.5 Å². The maximum absolute atomic E-state index is 11.6. The Kier molecular flexibility index (Phi) is 4.33. The quantitative estimate of drug-likeness (QED) is 0.770. The first-order chi connectivity index (χ1) is 8.68. The van der Waals surface area contributed by atoms with Gasteiger partial charge in [0.15, 0.2) is 0 Å². The van der Waals surface area contributed by atoms with E-state index in [1.165, 1.54) is 0 Å². The van der Waals surface area contributed by atoms with E-state index in [2.05, 4.69) is 10.4 Å². The second-order valence-corrected chi connectivity index (χ2v) is 4.63. The van der Waals surface area contributed by atoms with E-state index in [9.17, 15) is 9.90 Å². The van der Waals surface area contributed by atoms with Crippen molar-refractivity contribution in [3.63, 3.8) is 0 Å². The summed E-state index contributed by atoms with van der Waals surface area (Å²) in [5.74, 6) is -0.0644.